The smallest absolute Gasteiger partial charge is 0.225 e. The van der Waals surface area contributed by atoms with Crippen molar-refractivity contribution in [1.82, 2.24) is 9.97 Å². The van der Waals surface area contributed by atoms with Gasteiger partial charge in [-0.2, -0.15) is 0 Å². The highest BCUT2D eigenvalue weighted by Crippen LogP contribution is 2.31. The van der Waals surface area contributed by atoms with Gasteiger partial charge in [0.2, 0.25) is 5.95 Å². The van der Waals surface area contributed by atoms with Crippen LogP contribution in [-0.2, 0) is 6.42 Å². The zero-order valence-electron chi connectivity index (χ0n) is 18.4. The number of halogens is 2. The zero-order valence-corrected chi connectivity index (χ0v) is 19.2. The van der Waals surface area contributed by atoms with Crippen molar-refractivity contribution in [2.75, 3.05) is 30.9 Å². The van der Waals surface area contributed by atoms with E-state index in [-0.39, 0.29) is 11.7 Å². The van der Waals surface area contributed by atoms with Crippen LogP contribution in [0.2, 0.25) is 0 Å². The van der Waals surface area contributed by atoms with Crippen molar-refractivity contribution >= 4 is 17.7 Å². The summed E-state index contributed by atoms with van der Waals surface area (Å²) in [7, 11) is 0. The Morgan fingerprint density at radius 2 is 1.72 bits per heavy atom. The first-order valence-electron chi connectivity index (χ1n) is 10.9. The van der Waals surface area contributed by atoms with E-state index in [0.29, 0.717) is 12.2 Å². The van der Waals surface area contributed by atoms with Crippen LogP contribution in [0, 0.1) is 17.6 Å². The van der Waals surface area contributed by atoms with Crippen LogP contribution in [-0.4, -0.2) is 35.9 Å². The fraction of sp³-hybridized carbons (Fsp3) is 0.360. The van der Waals surface area contributed by atoms with Crippen LogP contribution in [0.5, 0.6) is 5.75 Å². The van der Waals surface area contributed by atoms with Crippen LogP contribution >= 0.6 is 11.8 Å². The first-order chi connectivity index (χ1) is 15.6. The van der Waals surface area contributed by atoms with Crippen molar-refractivity contribution in [1.29, 1.82) is 0 Å². The van der Waals surface area contributed by atoms with Crippen LogP contribution < -0.4 is 9.64 Å². The largest absolute Gasteiger partial charge is 0.487 e. The minimum atomic E-state index is -0.670. The maximum atomic E-state index is 14.7. The average Bonchev–Trinajstić information content (AvgIpc) is 2.84. The lowest BCUT2D eigenvalue weighted by Crippen LogP contribution is -2.36. The average molecular weight is 456 g/mol. The van der Waals surface area contributed by atoms with Crippen molar-refractivity contribution in [3.63, 3.8) is 0 Å². The summed E-state index contributed by atoms with van der Waals surface area (Å²) in [5.41, 5.74) is 2.40. The van der Waals surface area contributed by atoms with Crippen molar-refractivity contribution in [3.05, 3.63) is 66.0 Å². The molecule has 4 nitrogen and oxygen atoms in total. The van der Waals surface area contributed by atoms with Crippen molar-refractivity contribution in [2.45, 2.75) is 31.1 Å². The molecule has 0 bridgehead atoms. The topological polar surface area (TPSA) is 38.2 Å². The van der Waals surface area contributed by atoms with Crippen LogP contribution in [0.3, 0.4) is 0 Å². The fourth-order valence-electron chi connectivity index (χ4n) is 3.86. The molecule has 0 unspecified atom stereocenters. The highest BCUT2D eigenvalue weighted by Gasteiger charge is 2.23. The maximum Gasteiger partial charge on any atom is 0.225 e. The Bertz CT molecular complexity index is 1030. The van der Waals surface area contributed by atoms with Gasteiger partial charge in [0.1, 0.15) is 0 Å². The number of aryl methyl sites for hydroxylation is 1. The van der Waals surface area contributed by atoms with Crippen LogP contribution in [0.25, 0.3) is 11.1 Å². The molecule has 0 aliphatic carbocycles. The lowest BCUT2D eigenvalue weighted by Gasteiger charge is -2.31. The third-order valence-corrected chi connectivity index (χ3v) is 6.59. The molecule has 4 rings (SSSR count). The molecule has 0 radical (unpaired) electrons. The third-order valence-electron chi connectivity index (χ3n) is 5.86. The normalized spacial score (nSPS) is 14.6. The van der Waals surface area contributed by atoms with Gasteiger partial charge in [-0.15, -0.1) is 11.8 Å². The van der Waals surface area contributed by atoms with Crippen LogP contribution in [0.1, 0.15) is 25.3 Å². The van der Waals surface area contributed by atoms with Crippen LogP contribution in [0.15, 0.2) is 53.7 Å². The number of rotatable bonds is 7. The molecule has 0 N–H and O–H groups in total. The van der Waals surface area contributed by atoms with Gasteiger partial charge in [0.15, 0.2) is 17.4 Å². The van der Waals surface area contributed by atoms with Gasteiger partial charge in [-0.25, -0.2) is 18.7 Å². The zero-order chi connectivity index (χ0) is 22.5. The molecule has 1 aliphatic rings. The van der Waals surface area contributed by atoms with Gasteiger partial charge in [-0.05, 0) is 72.4 Å². The van der Waals surface area contributed by atoms with E-state index in [1.807, 2.05) is 42.9 Å². The SMILES string of the molecule is CCc1cnc(N2CCC(COc3c(F)cc(-c4cccc(SC)c4)cc3F)CC2)nc1. The van der Waals surface area contributed by atoms with Gasteiger partial charge in [0.05, 0.1) is 6.61 Å². The number of ether oxygens (including phenoxy) is 1. The summed E-state index contributed by atoms with van der Waals surface area (Å²) < 4.78 is 35.0. The van der Waals surface area contributed by atoms with Crippen molar-refractivity contribution in [2.24, 2.45) is 5.92 Å². The monoisotopic (exact) mass is 455 g/mol. The Balaban J connectivity index is 1.36. The molecule has 2 aromatic carbocycles. The van der Waals surface area contributed by atoms with E-state index >= 15 is 0 Å². The first-order valence-corrected chi connectivity index (χ1v) is 12.1. The minimum Gasteiger partial charge on any atom is -0.487 e. The molecule has 0 saturated carbocycles. The standard InChI is InChI=1S/C25H27F2N3OS/c1-3-17-14-28-25(29-15-17)30-9-7-18(8-10-30)16-31-24-22(26)12-20(13-23(24)27)19-5-4-6-21(11-19)32-2/h4-6,11-15,18H,3,7-10,16H2,1-2H3. The molecule has 1 fully saturated rings. The molecule has 32 heavy (non-hydrogen) atoms. The summed E-state index contributed by atoms with van der Waals surface area (Å²) >= 11 is 1.59. The van der Waals surface area contributed by atoms with E-state index in [1.165, 1.54) is 12.1 Å². The number of thioether (sulfide) groups is 1. The highest BCUT2D eigenvalue weighted by molar-refractivity contribution is 7.98. The first kappa shape index (κ1) is 22.5. The number of benzene rings is 2. The Morgan fingerprint density at radius 1 is 1.03 bits per heavy atom. The van der Waals surface area contributed by atoms with Gasteiger partial charge in [-0.1, -0.05) is 19.1 Å². The summed E-state index contributed by atoms with van der Waals surface area (Å²) in [6.07, 6.45) is 8.34. The fourth-order valence-corrected chi connectivity index (χ4v) is 4.32. The molecule has 0 spiro atoms. The molecular weight excluding hydrogens is 428 g/mol. The summed E-state index contributed by atoms with van der Waals surface area (Å²) in [5.74, 6) is -0.666. The number of hydrogen-bond acceptors (Lipinski definition) is 5. The second-order valence-corrected chi connectivity index (χ2v) is 8.87. The van der Waals surface area contributed by atoms with E-state index in [4.69, 9.17) is 4.74 Å². The van der Waals surface area contributed by atoms with Gasteiger partial charge in [-0.3, -0.25) is 0 Å². The predicted molar refractivity (Wildman–Crippen MR) is 125 cm³/mol. The number of anilines is 1. The second-order valence-electron chi connectivity index (χ2n) is 7.99. The molecule has 0 atom stereocenters. The van der Waals surface area contributed by atoms with E-state index in [9.17, 15) is 8.78 Å². The third kappa shape index (κ3) is 5.21. The molecule has 3 aromatic rings. The molecule has 2 heterocycles. The maximum absolute atomic E-state index is 14.7. The molecule has 1 aliphatic heterocycles. The highest BCUT2D eigenvalue weighted by atomic mass is 32.2. The molecule has 7 heteroatoms. The Labute approximate surface area is 192 Å². The summed E-state index contributed by atoms with van der Waals surface area (Å²) in [5, 5.41) is 0. The van der Waals surface area contributed by atoms with E-state index in [0.717, 1.165) is 54.3 Å². The number of hydrogen-bond donors (Lipinski definition) is 0. The lowest BCUT2D eigenvalue weighted by atomic mass is 9.98. The van der Waals surface area contributed by atoms with Gasteiger partial charge in [0.25, 0.3) is 0 Å². The quantitative estimate of drug-likeness (QED) is 0.409. The molecule has 1 aromatic heterocycles. The van der Waals surface area contributed by atoms with Crippen LogP contribution in [0.4, 0.5) is 14.7 Å². The van der Waals surface area contributed by atoms with E-state index < -0.39 is 11.6 Å². The molecule has 168 valence electrons. The molecule has 1 saturated heterocycles. The van der Waals surface area contributed by atoms with E-state index in [1.54, 1.807) is 11.8 Å². The van der Waals surface area contributed by atoms with Crippen molar-refractivity contribution in [3.8, 4) is 16.9 Å². The van der Waals surface area contributed by atoms with Gasteiger partial charge in [0, 0.05) is 30.4 Å². The Kier molecular flexibility index (Phi) is 7.25. The molecular formula is C25H27F2N3OS. The van der Waals surface area contributed by atoms with Crippen molar-refractivity contribution < 1.29 is 13.5 Å². The summed E-state index contributed by atoms with van der Waals surface area (Å²) in [6, 6.07) is 10.3. The predicted octanol–water partition coefficient (Wildman–Crippen LogP) is 6.00. The van der Waals surface area contributed by atoms with Gasteiger partial charge < -0.3 is 9.64 Å². The minimum absolute atomic E-state index is 0.234. The number of nitrogens with zero attached hydrogens (tertiary/aromatic N) is 3. The van der Waals surface area contributed by atoms with E-state index in [2.05, 4.69) is 21.8 Å². The number of aromatic nitrogens is 2. The molecule has 0 amide bonds. The lowest BCUT2D eigenvalue weighted by molar-refractivity contribution is 0.207. The summed E-state index contributed by atoms with van der Waals surface area (Å²) in [6.45, 7) is 3.97. The second kappa shape index (κ2) is 10.3. The number of piperidine rings is 1. The Hall–Kier alpha value is -2.67. The van der Waals surface area contributed by atoms with Gasteiger partial charge >= 0.3 is 0 Å². The Morgan fingerprint density at radius 3 is 2.34 bits per heavy atom. The summed E-state index contributed by atoms with van der Waals surface area (Å²) in [4.78, 5) is 12.1.